The van der Waals surface area contributed by atoms with E-state index >= 15 is 0 Å². The van der Waals surface area contributed by atoms with Gasteiger partial charge in [0.25, 0.3) is 17.4 Å². The summed E-state index contributed by atoms with van der Waals surface area (Å²) in [6, 6.07) is 18.8. The minimum absolute atomic E-state index is 0.0454. The molecule has 0 atom stereocenters. The van der Waals surface area contributed by atoms with Crippen LogP contribution in [0.1, 0.15) is 25.6 Å². The van der Waals surface area contributed by atoms with E-state index in [1.807, 2.05) is 30.3 Å². The molecule has 0 saturated heterocycles. The van der Waals surface area contributed by atoms with E-state index < -0.39 is 41.1 Å². The zero-order chi connectivity index (χ0) is 24.1. The fraction of sp³-hybridized carbons (Fsp3) is 0.0833. The first-order valence-electron chi connectivity index (χ1n) is 10.2. The Hall–Kier alpha value is -4.44. The molecule has 3 amide bonds. The molecule has 0 unspecified atom stereocenters. The normalized spacial score (nSPS) is 10.6. The highest BCUT2D eigenvalue weighted by Gasteiger charge is 2.24. The van der Waals surface area contributed by atoms with Crippen LogP contribution in [-0.2, 0) is 11.4 Å². The van der Waals surface area contributed by atoms with E-state index in [2.05, 4.69) is 10.6 Å². The SMILES string of the molecule is O=C(CNC(=O)c1c(O)c2ccccc2n(OCc2ccccc2)c1=O)NC(=O)c1cccs1. The third-order valence-corrected chi connectivity index (χ3v) is 5.72. The maximum absolute atomic E-state index is 13.1. The Morgan fingerprint density at radius 1 is 0.941 bits per heavy atom. The van der Waals surface area contributed by atoms with Crippen LogP contribution in [0.4, 0.5) is 0 Å². The zero-order valence-corrected chi connectivity index (χ0v) is 18.5. The molecule has 0 spiro atoms. The standard InChI is InChI=1S/C24H19N3O6S/c28-19(26-22(30)18-11-6-12-34-18)13-25-23(31)20-21(29)16-9-4-5-10-17(16)27(24(20)32)33-14-15-7-2-1-3-8-15/h1-12,29H,13-14H2,(H,25,31)(H,26,28,30). The van der Waals surface area contributed by atoms with Crippen LogP contribution in [0.3, 0.4) is 0 Å². The summed E-state index contributed by atoms with van der Waals surface area (Å²) in [5.41, 5.74) is -0.398. The molecule has 4 rings (SSSR count). The molecule has 0 bridgehead atoms. The molecule has 9 nitrogen and oxygen atoms in total. The molecule has 2 heterocycles. The van der Waals surface area contributed by atoms with E-state index in [9.17, 15) is 24.3 Å². The van der Waals surface area contributed by atoms with Crippen LogP contribution >= 0.6 is 11.3 Å². The Balaban J connectivity index is 1.56. The average molecular weight is 477 g/mol. The van der Waals surface area contributed by atoms with Gasteiger partial charge in [-0.25, -0.2) is 0 Å². The van der Waals surface area contributed by atoms with Crippen LogP contribution in [0.15, 0.2) is 76.9 Å². The van der Waals surface area contributed by atoms with Crippen molar-refractivity contribution in [3.05, 3.63) is 98.5 Å². The van der Waals surface area contributed by atoms with E-state index in [1.54, 1.807) is 35.7 Å². The third kappa shape index (κ3) is 4.81. The van der Waals surface area contributed by atoms with Crippen LogP contribution in [0.5, 0.6) is 5.75 Å². The van der Waals surface area contributed by atoms with Gasteiger partial charge in [-0.2, -0.15) is 0 Å². The summed E-state index contributed by atoms with van der Waals surface area (Å²) >= 11 is 1.16. The van der Waals surface area contributed by atoms with Gasteiger partial charge >= 0.3 is 0 Å². The summed E-state index contributed by atoms with van der Waals surface area (Å²) in [6.07, 6.45) is 0. The van der Waals surface area contributed by atoms with Gasteiger partial charge in [-0.05, 0) is 29.1 Å². The number of amides is 3. The Kier molecular flexibility index (Phi) is 6.69. The summed E-state index contributed by atoms with van der Waals surface area (Å²) in [7, 11) is 0. The van der Waals surface area contributed by atoms with E-state index in [-0.39, 0.29) is 17.5 Å². The Morgan fingerprint density at radius 2 is 1.68 bits per heavy atom. The lowest BCUT2D eigenvalue weighted by atomic mass is 10.1. The van der Waals surface area contributed by atoms with Crippen LogP contribution in [0.2, 0.25) is 0 Å². The quantitative estimate of drug-likeness (QED) is 0.374. The molecule has 0 aliphatic carbocycles. The largest absolute Gasteiger partial charge is 0.506 e. The molecular weight excluding hydrogens is 458 g/mol. The molecule has 2 aromatic heterocycles. The highest BCUT2D eigenvalue weighted by Crippen LogP contribution is 2.25. The second-order valence-electron chi connectivity index (χ2n) is 7.14. The number of rotatable bonds is 7. The van der Waals surface area contributed by atoms with Crippen molar-refractivity contribution in [2.24, 2.45) is 0 Å². The minimum Gasteiger partial charge on any atom is -0.506 e. The summed E-state index contributed by atoms with van der Waals surface area (Å²) in [5.74, 6) is -2.89. The lowest BCUT2D eigenvalue weighted by Crippen LogP contribution is -2.42. The predicted octanol–water partition coefficient (Wildman–Crippen LogP) is 2.08. The highest BCUT2D eigenvalue weighted by atomic mass is 32.1. The van der Waals surface area contributed by atoms with E-state index in [0.29, 0.717) is 4.88 Å². The topological polar surface area (TPSA) is 127 Å². The first-order valence-corrected chi connectivity index (χ1v) is 11.0. The average Bonchev–Trinajstić information content (AvgIpc) is 3.39. The van der Waals surface area contributed by atoms with Gasteiger partial charge in [0.2, 0.25) is 5.91 Å². The second kappa shape index (κ2) is 10.0. The zero-order valence-electron chi connectivity index (χ0n) is 17.7. The smallest absolute Gasteiger partial charge is 0.300 e. The molecule has 2 aromatic carbocycles. The Morgan fingerprint density at radius 3 is 2.41 bits per heavy atom. The van der Waals surface area contributed by atoms with Crippen molar-refractivity contribution >= 4 is 40.0 Å². The number of nitrogens with zero attached hydrogens (tertiary/aromatic N) is 1. The summed E-state index contributed by atoms with van der Waals surface area (Å²) in [5, 5.41) is 17.0. The van der Waals surface area contributed by atoms with Gasteiger partial charge < -0.3 is 15.3 Å². The molecule has 3 N–H and O–H groups in total. The molecule has 0 fully saturated rings. The number of benzene rings is 2. The molecule has 0 radical (unpaired) electrons. The highest BCUT2D eigenvalue weighted by molar-refractivity contribution is 7.12. The number of carbonyl (C=O) groups is 3. The van der Waals surface area contributed by atoms with Crippen molar-refractivity contribution in [2.45, 2.75) is 6.61 Å². The van der Waals surface area contributed by atoms with Gasteiger partial charge in [-0.1, -0.05) is 48.5 Å². The fourth-order valence-electron chi connectivity index (χ4n) is 3.23. The van der Waals surface area contributed by atoms with Gasteiger partial charge in [-0.15, -0.1) is 16.1 Å². The number of imide groups is 1. The Labute approximate surface area is 197 Å². The van der Waals surface area contributed by atoms with Crippen LogP contribution < -0.4 is 21.0 Å². The second-order valence-corrected chi connectivity index (χ2v) is 8.08. The van der Waals surface area contributed by atoms with Crippen molar-refractivity contribution in [1.82, 2.24) is 15.4 Å². The maximum atomic E-state index is 13.1. The fourth-order valence-corrected chi connectivity index (χ4v) is 3.85. The molecule has 34 heavy (non-hydrogen) atoms. The van der Waals surface area contributed by atoms with E-state index in [1.165, 1.54) is 6.07 Å². The molecule has 4 aromatic rings. The van der Waals surface area contributed by atoms with Gasteiger partial charge in [0.15, 0.2) is 0 Å². The third-order valence-electron chi connectivity index (χ3n) is 4.85. The summed E-state index contributed by atoms with van der Waals surface area (Å²) < 4.78 is 0.942. The maximum Gasteiger partial charge on any atom is 0.300 e. The number of aromatic nitrogens is 1. The Bertz CT molecular complexity index is 1410. The van der Waals surface area contributed by atoms with Crippen molar-refractivity contribution in [3.8, 4) is 5.75 Å². The van der Waals surface area contributed by atoms with Gasteiger partial charge in [0.05, 0.1) is 16.9 Å². The van der Waals surface area contributed by atoms with Crippen LogP contribution in [0.25, 0.3) is 10.9 Å². The number of carbonyl (C=O) groups excluding carboxylic acids is 3. The van der Waals surface area contributed by atoms with Crippen LogP contribution in [-0.4, -0.2) is 34.1 Å². The number of thiophene rings is 1. The summed E-state index contributed by atoms with van der Waals surface area (Å²) in [4.78, 5) is 56.0. The minimum atomic E-state index is -0.982. The molecule has 0 aliphatic heterocycles. The van der Waals surface area contributed by atoms with Gasteiger partial charge in [-0.3, -0.25) is 24.5 Å². The van der Waals surface area contributed by atoms with Gasteiger partial charge in [0.1, 0.15) is 17.9 Å². The number of fused-ring (bicyclic) bond motifs is 1. The van der Waals surface area contributed by atoms with Crippen molar-refractivity contribution in [3.63, 3.8) is 0 Å². The number of hydrogen-bond acceptors (Lipinski definition) is 7. The molecule has 172 valence electrons. The summed E-state index contributed by atoms with van der Waals surface area (Å²) in [6.45, 7) is -0.531. The van der Waals surface area contributed by atoms with Crippen LogP contribution in [0, 0.1) is 0 Å². The molecular formula is C24H19N3O6S. The van der Waals surface area contributed by atoms with E-state index in [0.717, 1.165) is 21.6 Å². The first-order chi connectivity index (χ1) is 16.5. The number of hydrogen-bond donors (Lipinski definition) is 3. The van der Waals surface area contributed by atoms with Gasteiger partial charge in [0, 0.05) is 5.39 Å². The van der Waals surface area contributed by atoms with Crippen molar-refractivity contribution in [1.29, 1.82) is 0 Å². The number of nitrogens with one attached hydrogen (secondary N) is 2. The lowest BCUT2D eigenvalue weighted by molar-refractivity contribution is -0.119. The predicted molar refractivity (Wildman–Crippen MR) is 126 cm³/mol. The molecule has 0 aliphatic rings. The monoisotopic (exact) mass is 477 g/mol. The number of aromatic hydroxyl groups is 1. The molecule has 10 heteroatoms. The number of pyridine rings is 1. The van der Waals surface area contributed by atoms with E-state index in [4.69, 9.17) is 4.84 Å². The lowest BCUT2D eigenvalue weighted by Gasteiger charge is -2.15. The van der Waals surface area contributed by atoms with Crippen molar-refractivity contribution < 1.29 is 24.3 Å². The number of para-hydroxylation sites is 1. The first kappa shape index (κ1) is 22.7. The van der Waals surface area contributed by atoms with Crippen molar-refractivity contribution in [2.75, 3.05) is 6.54 Å². The molecule has 0 saturated carbocycles.